The summed E-state index contributed by atoms with van der Waals surface area (Å²) in [5.41, 5.74) is 0. The first-order valence-corrected chi connectivity index (χ1v) is 11.1. The first kappa shape index (κ1) is 25.9. The lowest BCUT2D eigenvalue weighted by Gasteiger charge is -2.30. The molecule has 2 aliphatic heterocycles. The van der Waals surface area contributed by atoms with E-state index in [1.165, 1.54) is 13.0 Å². The zero-order valence-electron chi connectivity index (χ0n) is 18.8. The van der Waals surface area contributed by atoms with Crippen LogP contribution in [0.15, 0.2) is 4.99 Å². The Morgan fingerprint density at radius 2 is 1.82 bits per heavy atom. The number of nitrogens with one attached hydrogen (secondary N) is 1. The first-order chi connectivity index (χ1) is 13.0. The largest absolute Gasteiger partial charge is 0.379 e. The van der Waals surface area contributed by atoms with Crippen molar-refractivity contribution in [2.45, 2.75) is 59.5 Å². The van der Waals surface area contributed by atoms with Gasteiger partial charge in [0.1, 0.15) is 0 Å². The highest BCUT2D eigenvalue weighted by Crippen LogP contribution is 2.18. The van der Waals surface area contributed by atoms with Gasteiger partial charge in [-0.3, -0.25) is 14.8 Å². The monoisotopic (exact) mass is 509 g/mol. The molecule has 1 unspecified atom stereocenters. The van der Waals surface area contributed by atoms with E-state index in [4.69, 9.17) is 9.73 Å². The summed E-state index contributed by atoms with van der Waals surface area (Å²) < 4.78 is 5.47. The Kier molecular flexibility index (Phi) is 12.9. The quantitative estimate of drug-likeness (QED) is 0.224. The number of ether oxygens (including phenoxy) is 1. The number of hydrogen-bond donors (Lipinski definition) is 1. The van der Waals surface area contributed by atoms with Crippen molar-refractivity contribution in [1.82, 2.24) is 20.0 Å². The number of nitrogens with zero attached hydrogens (tertiary/aromatic N) is 4. The van der Waals surface area contributed by atoms with Gasteiger partial charge in [0.05, 0.1) is 13.2 Å². The van der Waals surface area contributed by atoms with Crippen molar-refractivity contribution in [2.24, 2.45) is 10.9 Å². The highest BCUT2D eigenvalue weighted by Gasteiger charge is 2.27. The lowest BCUT2D eigenvalue weighted by Crippen LogP contribution is -2.42. The van der Waals surface area contributed by atoms with Crippen molar-refractivity contribution in [2.75, 3.05) is 65.6 Å². The number of guanidine groups is 1. The average molecular weight is 510 g/mol. The molecule has 0 radical (unpaired) electrons. The average Bonchev–Trinajstić information content (AvgIpc) is 3.09. The molecule has 0 aromatic rings. The molecule has 2 saturated heterocycles. The molecule has 1 atom stereocenters. The van der Waals surface area contributed by atoms with E-state index < -0.39 is 0 Å². The number of likely N-dealkylation sites (tertiary alicyclic amines) is 1. The van der Waals surface area contributed by atoms with Gasteiger partial charge in [0, 0.05) is 64.4 Å². The summed E-state index contributed by atoms with van der Waals surface area (Å²) in [4.78, 5) is 12.5. The van der Waals surface area contributed by atoms with Crippen LogP contribution in [-0.2, 0) is 4.74 Å². The second kappa shape index (κ2) is 14.0. The fraction of sp³-hybridized carbons (Fsp3) is 0.952. The Morgan fingerprint density at radius 1 is 1.14 bits per heavy atom. The number of aliphatic imine (C=N–C) groups is 1. The van der Waals surface area contributed by atoms with Gasteiger partial charge < -0.3 is 15.0 Å². The van der Waals surface area contributed by atoms with Gasteiger partial charge in [-0.05, 0) is 53.4 Å². The molecule has 0 spiro atoms. The summed E-state index contributed by atoms with van der Waals surface area (Å²) in [6.07, 6.45) is 2.40. The van der Waals surface area contributed by atoms with Crippen molar-refractivity contribution >= 4 is 29.9 Å². The highest BCUT2D eigenvalue weighted by molar-refractivity contribution is 14.0. The summed E-state index contributed by atoms with van der Waals surface area (Å²) in [6, 6.07) is 1.20. The second-order valence-corrected chi connectivity index (χ2v) is 8.53. The summed E-state index contributed by atoms with van der Waals surface area (Å²) in [6.45, 7) is 21.7. The second-order valence-electron chi connectivity index (χ2n) is 8.53. The van der Waals surface area contributed by atoms with Crippen LogP contribution in [0.25, 0.3) is 0 Å². The minimum absolute atomic E-state index is 0. The van der Waals surface area contributed by atoms with Gasteiger partial charge in [0.15, 0.2) is 5.96 Å². The molecule has 0 aromatic carbocycles. The maximum Gasteiger partial charge on any atom is 0.193 e. The number of morpholine rings is 1. The van der Waals surface area contributed by atoms with Gasteiger partial charge in [0.25, 0.3) is 0 Å². The van der Waals surface area contributed by atoms with Crippen LogP contribution in [0.4, 0.5) is 0 Å². The van der Waals surface area contributed by atoms with Crippen molar-refractivity contribution in [3.8, 4) is 0 Å². The maximum atomic E-state index is 5.47. The maximum absolute atomic E-state index is 5.47. The molecule has 0 saturated carbocycles. The lowest BCUT2D eigenvalue weighted by atomic mass is 10.1. The van der Waals surface area contributed by atoms with Gasteiger partial charge in [-0.15, -0.1) is 24.0 Å². The predicted molar refractivity (Wildman–Crippen MR) is 130 cm³/mol. The van der Waals surface area contributed by atoms with E-state index in [-0.39, 0.29) is 24.0 Å². The Morgan fingerprint density at radius 3 is 2.43 bits per heavy atom. The van der Waals surface area contributed by atoms with Crippen molar-refractivity contribution in [3.05, 3.63) is 0 Å². The summed E-state index contributed by atoms with van der Waals surface area (Å²) in [5.74, 6) is 1.87. The fourth-order valence-electron chi connectivity index (χ4n) is 4.30. The van der Waals surface area contributed by atoms with Gasteiger partial charge >= 0.3 is 0 Å². The molecule has 0 aromatic heterocycles. The Bertz CT molecular complexity index is 433. The molecule has 7 heteroatoms. The van der Waals surface area contributed by atoms with E-state index in [0.29, 0.717) is 12.1 Å². The normalized spacial score (nSPS) is 21.6. The molecule has 2 fully saturated rings. The van der Waals surface area contributed by atoms with Crippen LogP contribution in [0.2, 0.25) is 0 Å². The molecule has 166 valence electrons. The molecule has 0 amide bonds. The van der Waals surface area contributed by atoms with E-state index in [2.05, 4.69) is 54.6 Å². The minimum atomic E-state index is 0. The molecule has 1 N–H and O–H groups in total. The fourth-order valence-corrected chi connectivity index (χ4v) is 4.30. The highest BCUT2D eigenvalue weighted by atomic mass is 127. The van der Waals surface area contributed by atoms with Crippen molar-refractivity contribution in [1.29, 1.82) is 0 Å². The Balaban J connectivity index is 0.00000392. The molecule has 2 rings (SSSR count). The van der Waals surface area contributed by atoms with Gasteiger partial charge in [-0.25, -0.2) is 0 Å². The topological polar surface area (TPSA) is 43.3 Å². The predicted octanol–water partition coefficient (Wildman–Crippen LogP) is 2.73. The summed E-state index contributed by atoms with van der Waals surface area (Å²) >= 11 is 0. The molecule has 0 aliphatic carbocycles. The summed E-state index contributed by atoms with van der Waals surface area (Å²) in [7, 11) is 0. The van der Waals surface area contributed by atoms with Gasteiger partial charge in [-0.2, -0.15) is 0 Å². The Labute approximate surface area is 190 Å². The third kappa shape index (κ3) is 8.71. The Hall–Kier alpha value is -0.120. The first-order valence-electron chi connectivity index (χ1n) is 11.1. The van der Waals surface area contributed by atoms with Crippen LogP contribution in [0, 0.1) is 5.92 Å². The molecular formula is C21H44IN5O. The molecular weight excluding hydrogens is 465 g/mol. The number of hydrogen-bond acceptors (Lipinski definition) is 4. The van der Waals surface area contributed by atoms with Gasteiger partial charge in [-0.1, -0.05) is 0 Å². The van der Waals surface area contributed by atoms with Crippen molar-refractivity contribution in [3.63, 3.8) is 0 Å². The number of halogens is 1. The smallest absolute Gasteiger partial charge is 0.193 e. The molecule has 2 heterocycles. The third-order valence-corrected chi connectivity index (χ3v) is 5.70. The molecule has 6 nitrogen and oxygen atoms in total. The standard InChI is InChI=1S/C21H43N5O.HI/c1-6-22-21(23-9-7-10-26(18(2)3)19(4)5)25-11-8-20(17-25)16-24-12-14-27-15-13-24;/h18-20H,6-17H2,1-5H3,(H,22,23);1H. The molecule has 2 aliphatic rings. The summed E-state index contributed by atoms with van der Waals surface area (Å²) in [5, 5.41) is 3.51. The van der Waals surface area contributed by atoms with Crippen LogP contribution in [0.1, 0.15) is 47.5 Å². The molecule has 0 bridgehead atoms. The van der Waals surface area contributed by atoms with Crippen molar-refractivity contribution < 1.29 is 4.74 Å². The zero-order chi connectivity index (χ0) is 19.6. The number of rotatable bonds is 9. The van der Waals surface area contributed by atoms with Crippen LogP contribution < -0.4 is 5.32 Å². The van der Waals surface area contributed by atoms with Gasteiger partial charge in [0.2, 0.25) is 0 Å². The van der Waals surface area contributed by atoms with E-state index in [1.54, 1.807) is 0 Å². The van der Waals surface area contributed by atoms with E-state index in [0.717, 1.165) is 77.3 Å². The molecule has 28 heavy (non-hydrogen) atoms. The van der Waals surface area contributed by atoms with E-state index in [1.807, 2.05) is 0 Å². The zero-order valence-corrected chi connectivity index (χ0v) is 21.2. The van der Waals surface area contributed by atoms with Crippen LogP contribution in [0.3, 0.4) is 0 Å². The van der Waals surface area contributed by atoms with Crippen LogP contribution >= 0.6 is 24.0 Å². The van der Waals surface area contributed by atoms with E-state index >= 15 is 0 Å². The lowest BCUT2D eigenvalue weighted by molar-refractivity contribution is 0.0315. The van der Waals surface area contributed by atoms with E-state index in [9.17, 15) is 0 Å². The third-order valence-electron chi connectivity index (χ3n) is 5.70. The minimum Gasteiger partial charge on any atom is -0.379 e. The van der Waals surface area contributed by atoms with Crippen LogP contribution in [-0.4, -0.2) is 98.3 Å². The SMILES string of the molecule is CCNC(=NCCCN(C(C)C)C(C)C)N1CCC(CN2CCOCC2)C1.I. The van der Waals surface area contributed by atoms with Crippen LogP contribution in [0.5, 0.6) is 0 Å².